The molecule has 1 N–H and O–H groups in total. The summed E-state index contributed by atoms with van der Waals surface area (Å²) in [5.74, 6) is -4.49. The van der Waals surface area contributed by atoms with Crippen LogP contribution in [0.2, 0.25) is 0 Å². The number of amides is 2. The quantitative estimate of drug-likeness (QED) is 0.532. The molecule has 2 atom stereocenters. The van der Waals surface area contributed by atoms with Crippen LogP contribution in [0.4, 0.5) is 0 Å². The van der Waals surface area contributed by atoms with Gasteiger partial charge in [-0.2, -0.15) is 8.42 Å². The van der Waals surface area contributed by atoms with E-state index in [0.717, 1.165) is 19.1 Å². The first kappa shape index (κ1) is 13.4. The molecule has 0 aromatic heterocycles. The Morgan fingerprint density at radius 2 is 1.89 bits per heavy atom. The first-order chi connectivity index (χ1) is 8.71. The second kappa shape index (κ2) is 4.28. The molecule has 19 heavy (non-hydrogen) atoms. The van der Waals surface area contributed by atoms with Gasteiger partial charge in [0.1, 0.15) is 0 Å². The topological polar surface area (TPSA) is 118 Å². The van der Waals surface area contributed by atoms with Gasteiger partial charge in [0.15, 0.2) is 0 Å². The van der Waals surface area contributed by atoms with Gasteiger partial charge in [-0.15, -0.1) is 5.06 Å². The number of hydrogen-bond acceptors (Lipinski definition) is 6. The summed E-state index contributed by atoms with van der Waals surface area (Å²) in [5.41, 5.74) is 0. The Kier molecular flexibility index (Phi) is 3.03. The maximum absolute atomic E-state index is 11.8. The number of hydroxylamine groups is 2. The van der Waals surface area contributed by atoms with Crippen LogP contribution in [-0.4, -0.2) is 35.8 Å². The van der Waals surface area contributed by atoms with Crippen LogP contribution in [0, 0.1) is 11.8 Å². The molecule has 2 unspecified atom stereocenters. The summed E-state index contributed by atoms with van der Waals surface area (Å²) in [5, 5.41) is 0.311. The summed E-state index contributed by atoms with van der Waals surface area (Å²) in [4.78, 5) is 38.4. The van der Waals surface area contributed by atoms with Crippen molar-refractivity contribution in [3.8, 4) is 0 Å². The minimum absolute atomic E-state index is 0.311. The van der Waals surface area contributed by atoms with Gasteiger partial charge >= 0.3 is 5.97 Å². The predicted molar refractivity (Wildman–Crippen MR) is 59.4 cm³/mol. The molecule has 8 nitrogen and oxygen atoms in total. The zero-order chi connectivity index (χ0) is 14.4. The van der Waals surface area contributed by atoms with E-state index in [-0.39, 0.29) is 0 Å². The van der Waals surface area contributed by atoms with E-state index in [1.807, 2.05) is 0 Å². The Hall–Kier alpha value is -2.00. The summed E-state index contributed by atoms with van der Waals surface area (Å²) in [7, 11) is -4.46. The highest BCUT2D eigenvalue weighted by Crippen LogP contribution is 2.34. The second-order valence-corrected chi connectivity index (χ2v) is 5.43. The lowest BCUT2D eigenvalue weighted by atomic mass is 9.91. The van der Waals surface area contributed by atoms with Crippen LogP contribution in [0.5, 0.6) is 0 Å². The molecular formula is C10H9NO7S. The number of fused-ring (bicyclic) bond motifs is 1. The molecule has 0 aromatic carbocycles. The Labute approximate surface area is 108 Å². The second-order valence-electron chi connectivity index (χ2n) is 4.01. The molecule has 2 amide bonds. The Morgan fingerprint density at radius 1 is 1.32 bits per heavy atom. The smallest absolute Gasteiger partial charge is 0.330 e. The molecule has 0 bridgehead atoms. The maximum atomic E-state index is 11.8. The summed E-state index contributed by atoms with van der Waals surface area (Å²) in [6.07, 6.45) is 3.17. The van der Waals surface area contributed by atoms with E-state index in [9.17, 15) is 22.8 Å². The fourth-order valence-electron chi connectivity index (χ4n) is 1.89. The molecule has 2 rings (SSSR count). The van der Waals surface area contributed by atoms with Crippen molar-refractivity contribution in [3.63, 3.8) is 0 Å². The molecule has 1 aliphatic heterocycles. The van der Waals surface area contributed by atoms with Crippen molar-refractivity contribution in [3.05, 3.63) is 23.1 Å². The van der Waals surface area contributed by atoms with Crippen LogP contribution in [0.15, 0.2) is 23.1 Å². The van der Waals surface area contributed by atoms with Gasteiger partial charge in [-0.05, 0) is 12.2 Å². The van der Waals surface area contributed by atoms with Gasteiger partial charge in [0.25, 0.3) is 21.9 Å². The largest absolute Gasteiger partial charge is 0.331 e. The van der Waals surface area contributed by atoms with Gasteiger partial charge in [0.05, 0.1) is 16.7 Å². The predicted octanol–water partition coefficient (Wildman–Crippen LogP) is -0.593. The molecular weight excluding hydrogens is 278 g/mol. The fourth-order valence-corrected chi connectivity index (χ4v) is 2.45. The SMILES string of the molecule is CC(=O)ON1C(=O)C2C=CC(S(=O)(=O)O)=CC2C1=O. The van der Waals surface area contributed by atoms with Crippen LogP contribution >= 0.6 is 0 Å². The average molecular weight is 287 g/mol. The van der Waals surface area contributed by atoms with Gasteiger partial charge in [0, 0.05) is 6.92 Å². The molecule has 1 fully saturated rings. The van der Waals surface area contributed by atoms with E-state index in [1.54, 1.807) is 0 Å². The van der Waals surface area contributed by atoms with Crippen molar-refractivity contribution in [2.45, 2.75) is 6.92 Å². The van der Waals surface area contributed by atoms with E-state index < -0.39 is 44.6 Å². The molecule has 1 aliphatic carbocycles. The van der Waals surface area contributed by atoms with E-state index in [0.29, 0.717) is 5.06 Å². The number of rotatable bonds is 2. The highest BCUT2D eigenvalue weighted by atomic mass is 32.2. The summed E-state index contributed by atoms with van der Waals surface area (Å²) in [6, 6.07) is 0. The zero-order valence-electron chi connectivity index (χ0n) is 9.64. The summed E-state index contributed by atoms with van der Waals surface area (Å²) >= 11 is 0. The van der Waals surface area contributed by atoms with Crippen LogP contribution < -0.4 is 0 Å². The number of carbonyl (C=O) groups excluding carboxylic acids is 3. The number of imide groups is 1. The Balaban J connectivity index is 2.36. The molecule has 102 valence electrons. The van der Waals surface area contributed by atoms with E-state index in [4.69, 9.17) is 4.55 Å². The Morgan fingerprint density at radius 3 is 2.42 bits per heavy atom. The number of nitrogens with zero attached hydrogens (tertiary/aromatic N) is 1. The average Bonchev–Trinajstić information content (AvgIpc) is 2.53. The van der Waals surface area contributed by atoms with Gasteiger partial charge in [-0.25, -0.2) is 4.79 Å². The molecule has 0 aromatic rings. The monoisotopic (exact) mass is 287 g/mol. The lowest BCUT2D eigenvalue weighted by Crippen LogP contribution is -2.32. The van der Waals surface area contributed by atoms with Crippen molar-refractivity contribution in [2.24, 2.45) is 11.8 Å². The zero-order valence-corrected chi connectivity index (χ0v) is 10.5. The Bertz CT molecular complexity index is 630. The third-order valence-electron chi connectivity index (χ3n) is 2.69. The molecule has 0 radical (unpaired) electrons. The van der Waals surface area contributed by atoms with Crippen molar-refractivity contribution < 1.29 is 32.2 Å². The lowest BCUT2D eigenvalue weighted by molar-refractivity contribution is -0.196. The minimum Gasteiger partial charge on any atom is -0.331 e. The molecule has 1 saturated heterocycles. The third-order valence-corrected chi connectivity index (χ3v) is 3.55. The van der Waals surface area contributed by atoms with E-state index in [2.05, 4.69) is 4.84 Å². The van der Waals surface area contributed by atoms with Crippen molar-refractivity contribution in [1.82, 2.24) is 5.06 Å². The number of hydrogen-bond donors (Lipinski definition) is 1. The van der Waals surface area contributed by atoms with Crippen molar-refractivity contribution >= 4 is 27.9 Å². The molecule has 2 aliphatic rings. The number of allylic oxidation sites excluding steroid dienone is 1. The van der Waals surface area contributed by atoms with Crippen LogP contribution in [-0.2, 0) is 29.3 Å². The van der Waals surface area contributed by atoms with Gasteiger partial charge in [-0.1, -0.05) is 6.08 Å². The van der Waals surface area contributed by atoms with Crippen LogP contribution in [0.3, 0.4) is 0 Å². The highest BCUT2D eigenvalue weighted by Gasteiger charge is 2.49. The third kappa shape index (κ3) is 2.29. The maximum Gasteiger partial charge on any atom is 0.330 e. The first-order valence-corrected chi connectivity index (χ1v) is 6.59. The van der Waals surface area contributed by atoms with Crippen molar-refractivity contribution in [2.75, 3.05) is 0 Å². The summed E-state index contributed by atoms with van der Waals surface area (Å²) < 4.78 is 30.8. The fraction of sp³-hybridized carbons (Fsp3) is 0.300. The minimum atomic E-state index is -4.46. The first-order valence-electron chi connectivity index (χ1n) is 5.15. The van der Waals surface area contributed by atoms with Crippen LogP contribution in [0.25, 0.3) is 0 Å². The molecule has 1 heterocycles. The normalized spacial score (nSPS) is 26.2. The van der Waals surface area contributed by atoms with Gasteiger partial charge < -0.3 is 4.84 Å². The number of carbonyl (C=O) groups is 3. The molecule has 0 spiro atoms. The summed E-state index contributed by atoms with van der Waals surface area (Å²) in [6.45, 7) is 1.03. The van der Waals surface area contributed by atoms with Gasteiger partial charge in [0.2, 0.25) is 0 Å². The van der Waals surface area contributed by atoms with E-state index >= 15 is 0 Å². The molecule has 9 heteroatoms. The van der Waals surface area contributed by atoms with Crippen LogP contribution in [0.1, 0.15) is 6.92 Å². The lowest BCUT2D eigenvalue weighted by Gasteiger charge is -2.12. The van der Waals surface area contributed by atoms with E-state index in [1.165, 1.54) is 6.08 Å². The standard InChI is InChI=1S/C10H9NO7S/c1-5(12)18-11-9(13)7-3-2-6(19(15,16)17)4-8(7)10(11)14/h2-4,7-8H,1H3,(H,15,16,17). The highest BCUT2D eigenvalue weighted by molar-refractivity contribution is 7.90. The van der Waals surface area contributed by atoms with Crippen molar-refractivity contribution in [1.29, 1.82) is 0 Å². The van der Waals surface area contributed by atoms with Gasteiger partial charge in [-0.3, -0.25) is 14.1 Å². The molecule has 0 saturated carbocycles.